The van der Waals surface area contributed by atoms with E-state index in [0.29, 0.717) is 12.1 Å². The maximum absolute atomic E-state index is 11.7. The van der Waals surface area contributed by atoms with Crippen LogP contribution in [0.3, 0.4) is 0 Å². The van der Waals surface area contributed by atoms with Crippen LogP contribution in [0.2, 0.25) is 0 Å². The van der Waals surface area contributed by atoms with E-state index < -0.39 is 0 Å². The van der Waals surface area contributed by atoms with Gasteiger partial charge in [-0.15, -0.1) is 0 Å². The molecule has 0 saturated heterocycles. The Morgan fingerprint density at radius 1 is 1.24 bits per heavy atom. The number of esters is 1. The molecule has 2 rings (SSSR count). The SMILES string of the molecule is N#CCc1ccc(NC(=O)COC(=O)C2CCCC2)cc1. The molecule has 1 aromatic carbocycles. The Balaban J connectivity index is 1.76. The molecule has 0 unspecified atom stereocenters. The number of amides is 1. The summed E-state index contributed by atoms with van der Waals surface area (Å²) in [6.45, 7) is -0.255. The largest absolute Gasteiger partial charge is 0.455 e. The molecule has 1 aliphatic rings. The molecule has 0 bridgehead atoms. The third kappa shape index (κ3) is 4.60. The zero-order valence-electron chi connectivity index (χ0n) is 11.8. The van der Waals surface area contributed by atoms with Crippen LogP contribution in [0, 0.1) is 17.2 Å². The Labute approximate surface area is 123 Å². The van der Waals surface area contributed by atoms with Gasteiger partial charge < -0.3 is 10.1 Å². The molecule has 1 aromatic rings. The molecule has 0 spiro atoms. The Hall–Kier alpha value is -2.35. The van der Waals surface area contributed by atoms with E-state index in [1.165, 1.54) is 0 Å². The number of ether oxygens (including phenoxy) is 1. The van der Waals surface area contributed by atoms with Crippen molar-refractivity contribution in [3.63, 3.8) is 0 Å². The number of hydrogen-bond acceptors (Lipinski definition) is 4. The van der Waals surface area contributed by atoms with Gasteiger partial charge >= 0.3 is 5.97 Å². The predicted octanol–water partition coefficient (Wildman–Crippen LogP) is 2.42. The van der Waals surface area contributed by atoms with Crippen molar-refractivity contribution in [1.82, 2.24) is 0 Å². The third-order valence-corrected chi connectivity index (χ3v) is 3.55. The van der Waals surface area contributed by atoms with Crippen LogP contribution in [-0.2, 0) is 20.7 Å². The highest BCUT2D eigenvalue weighted by Crippen LogP contribution is 2.25. The summed E-state index contributed by atoms with van der Waals surface area (Å²) in [6, 6.07) is 9.07. The van der Waals surface area contributed by atoms with Crippen molar-refractivity contribution in [2.75, 3.05) is 11.9 Å². The lowest BCUT2D eigenvalue weighted by Gasteiger charge is -2.10. The fourth-order valence-corrected chi connectivity index (χ4v) is 2.41. The quantitative estimate of drug-likeness (QED) is 0.843. The van der Waals surface area contributed by atoms with Gasteiger partial charge in [-0.3, -0.25) is 9.59 Å². The molecule has 1 aliphatic carbocycles. The number of rotatable bonds is 5. The van der Waals surface area contributed by atoms with Crippen LogP contribution in [0.5, 0.6) is 0 Å². The van der Waals surface area contributed by atoms with Crippen LogP contribution in [0.4, 0.5) is 5.69 Å². The molecule has 0 aliphatic heterocycles. The second-order valence-electron chi connectivity index (χ2n) is 5.17. The molecule has 1 fully saturated rings. The lowest BCUT2D eigenvalue weighted by atomic mass is 10.1. The molecule has 0 atom stereocenters. The van der Waals surface area contributed by atoms with Gasteiger partial charge in [0.15, 0.2) is 6.61 Å². The van der Waals surface area contributed by atoms with Crippen LogP contribution in [0.15, 0.2) is 24.3 Å². The Bertz CT molecular complexity index is 540. The fourth-order valence-electron chi connectivity index (χ4n) is 2.41. The number of anilines is 1. The van der Waals surface area contributed by atoms with Gasteiger partial charge in [0.1, 0.15) is 0 Å². The molecule has 21 heavy (non-hydrogen) atoms. The van der Waals surface area contributed by atoms with Gasteiger partial charge in [0.25, 0.3) is 5.91 Å². The Kier molecular flexibility index (Phi) is 5.33. The average molecular weight is 286 g/mol. The van der Waals surface area contributed by atoms with Crippen molar-refractivity contribution in [1.29, 1.82) is 5.26 Å². The molecule has 0 heterocycles. The van der Waals surface area contributed by atoms with Crippen molar-refractivity contribution in [2.24, 2.45) is 5.92 Å². The number of nitriles is 1. The predicted molar refractivity (Wildman–Crippen MR) is 77.3 cm³/mol. The summed E-state index contributed by atoms with van der Waals surface area (Å²) in [5.74, 6) is -0.663. The van der Waals surface area contributed by atoms with Gasteiger partial charge in [0.2, 0.25) is 0 Å². The summed E-state index contributed by atoms with van der Waals surface area (Å²) in [5.41, 5.74) is 1.52. The zero-order valence-corrected chi connectivity index (χ0v) is 11.8. The highest BCUT2D eigenvalue weighted by molar-refractivity contribution is 5.92. The van der Waals surface area contributed by atoms with Gasteiger partial charge in [0.05, 0.1) is 18.4 Å². The highest BCUT2D eigenvalue weighted by Gasteiger charge is 2.24. The van der Waals surface area contributed by atoms with Crippen LogP contribution in [0.1, 0.15) is 31.2 Å². The number of benzene rings is 1. The monoisotopic (exact) mass is 286 g/mol. The van der Waals surface area contributed by atoms with E-state index in [9.17, 15) is 9.59 Å². The maximum atomic E-state index is 11.7. The van der Waals surface area contributed by atoms with E-state index in [-0.39, 0.29) is 24.4 Å². The Morgan fingerprint density at radius 3 is 2.52 bits per heavy atom. The van der Waals surface area contributed by atoms with Gasteiger partial charge in [-0.1, -0.05) is 25.0 Å². The molecule has 0 aromatic heterocycles. The van der Waals surface area contributed by atoms with Crippen LogP contribution in [-0.4, -0.2) is 18.5 Å². The standard InChI is InChI=1S/C16H18N2O3/c17-10-9-12-5-7-14(8-6-12)18-15(19)11-21-16(20)13-3-1-2-4-13/h5-8,13H,1-4,9,11H2,(H,18,19). The van der Waals surface area contributed by atoms with Crippen LogP contribution < -0.4 is 5.32 Å². The summed E-state index contributed by atoms with van der Waals surface area (Å²) < 4.78 is 5.03. The van der Waals surface area contributed by atoms with E-state index >= 15 is 0 Å². The lowest BCUT2D eigenvalue weighted by molar-refractivity contribution is -0.151. The van der Waals surface area contributed by atoms with E-state index in [4.69, 9.17) is 10.00 Å². The van der Waals surface area contributed by atoms with Crippen molar-refractivity contribution >= 4 is 17.6 Å². The minimum absolute atomic E-state index is 0.0388. The first-order valence-electron chi connectivity index (χ1n) is 7.11. The number of nitrogens with one attached hydrogen (secondary N) is 1. The lowest BCUT2D eigenvalue weighted by Crippen LogP contribution is -2.23. The third-order valence-electron chi connectivity index (χ3n) is 3.55. The summed E-state index contributed by atoms with van der Waals surface area (Å²) in [5, 5.41) is 11.2. The highest BCUT2D eigenvalue weighted by atomic mass is 16.5. The van der Waals surface area contributed by atoms with E-state index in [2.05, 4.69) is 11.4 Å². The van der Waals surface area contributed by atoms with Crippen LogP contribution >= 0.6 is 0 Å². The van der Waals surface area contributed by atoms with Crippen molar-refractivity contribution < 1.29 is 14.3 Å². The smallest absolute Gasteiger partial charge is 0.309 e. The maximum Gasteiger partial charge on any atom is 0.309 e. The van der Waals surface area contributed by atoms with Crippen molar-refractivity contribution in [2.45, 2.75) is 32.1 Å². The van der Waals surface area contributed by atoms with Crippen LogP contribution in [0.25, 0.3) is 0 Å². The molecule has 1 saturated carbocycles. The number of carbonyl (C=O) groups excluding carboxylic acids is 2. The first-order valence-corrected chi connectivity index (χ1v) is 7.11. The molecule has 0 radical (unpaired) electrons. The van der Waals surface area contributed by atoms with Gasteiger partial charge in [-0.05, 0) is 30.5 Å². The van der Waals surface area contributed by atoms with Crippen molar-refractivity contribution in [3.05, 3.63) is 29.8 Å². The van der Waals surface area contributed by atoms with Gasteiger partial charge in [-0.25, -0.2) is 0 Å². The molecule has 110 valence electrons. The molecule has 5 nitrogen and oxygen atoms in total. The summed E-state index contributed by atoms with van der Waals surface area (Å²) in [7, 11) is 0. The number of nitrogens with zero attached hydrogens (tertiary/aromatic N) is 1. The van der Waals surface area contributed by atoms with Gasteiger partial charge in [0, 0.05) is 5.69 Å². The summed E-state index contributed by atoms with van der Waals surface area (Å²) >= 11 is 0. The summed E-state index contributed by atoms with van der Waals surface area (Å²) in [6.07, 6.45) is 4.18. The minimum Gasteiger partial charge on any atom is -0.455 e. The second-order valence-corrected chi connectivity index (χ2v) is 5.17. The van der Waals surface area contributed by atoms with Gasteiger partial charge in [-0.2, -0.15) is 5.26 Å². The molecular formula is C16H18N2O3. The van der Waals surface area contributed by atoms with E-state index in [0.717, 1.165) is 31.2 Å². The van der Waals surface area contributed by atoms with Crippen molar-refractivity contribution in [3.8, 4) is 6.07 Å². The molecule has 1 amide bonds. The van der Waals surface area contributed by atoms with E-state index in [1.807, 2.05) is 0 Å². The molecule has 5 heteroatoms. The normalized spacial score (nSPS) is 14.4. The summed E-state index contributed by atoms with van der Waals surface area (Å²) in [4.78, 5) is 23.4. The first-order chi connectivity index (χ1) is 10.2. The topological polar surface area (TPSA) is 79.2 Å². The fraction of sp³-hybridized carbons (Fsp3) is 0.438. The number of carbonyl (C=O) groups is 2. The second kappa shape index (κ2) is 7.44. The molecule has 1 N–H and O–H groups in total. The Morgan fingerprint density at radius 2 is 1.90 bits per heavy atom. The zero-order chi connectivity index (χ0) is 15.1. The average Bonchev–Trinajstić information content (AvgIpc) is 3.01. The molecular weight excluding hydrogens is 268 g/mol. The first kappa shape index (κ1) is 15.0. The minimum atomic E-state index is -0.352. The number of hydrogen-bond donors (Lipinski definition) is 1. The van der Waals surface area contributed by atoms with E-state index in [1.54, 1.807) is 24.3 Å².